The summed E-state index contributed by atoms with van der Waals surface area (Å²) in [5.41, 5.74) is -2.58. The fraction of sp³-hybridized carbons (Fsp3) is 0.364. The predicted octanol–water partition coefficient (Wildman–Crippen LogP) is -0.349. The summed E-state index contributed by atoms with van der Waals surface area (Å²) in [6.07, 6.45) is -0.945. The van der Waals surface area contributed by atoms with E-state index in [-0.39, 0.29) is 6.54 Å². The molecule has 0 bridgehead atoms. The summed E-state index contributed by atoms with van der Waals surface area (Å²) in [5.74, 6) is 0.695. The molecule has 1 aromatic rings. The van der Waals surface area contributed by atoms with Gasteiger partial charge in [0.1, 0.15) is 6.54 Å². The van der Waals surface area contributed by atoms with Crippen molar-refractivity contribution in [2.24, 2.45) is 0 Å². The molecule has 2 N–H and O–H groups in total. The highest BCUT2D eigenvalue weighted by Gasteiger charge is 2.15. The number of nitrogens with one attached hydrogen (secondary N) is 2. The molecule has 0 aliphatic rings. The summed E-state index contributed by atoms with van der Waals surface area (Å²) in [5, 5.41) is 0. The average Bonchev–Trinajstić information content (AvgIpc) is 2.21. The van der Waals surface area contributed by atoms with Crippen molar-refractivity contribution in [3.05, 3.63) is 56.1 Å². The minimum Gasteiger partial charge on any atom is -0.458 e. The van der Waals surface area contributed by atoms with Crippen molar-refractivity contribution in [2.45, 2.75) is 26.7 Å². The van der Waals surface area contributed by atoms with Crippen molar-refractivity contribution in [3.63, 3.8) is 0 Å². The van der Waals surface area contributed by atoms with Crippen LogP contribution in [0.25, 0.3) is 0 Å². The topological polar surface area (TPSA) is 106 Å². The van der Waals surface area contributed by atoms with Gasteiger partial charge in [-0.15, -0.1) is 0 Å². The largest absolute Gasteiger partial charge is 0.458 e. The molecule has 19 heavy (non-hydrogen) atoms. The molecular weight excluding hydrogens is 254 g/mol. The highest BCUT2D eigenvalue weighted by Crippen LogP contribution is 2.07. The third kappa shape index (κ3) is 4.34. The molecule has 1 aromatic heterocycles. The second-order valence-corrected chi connectivity index (χ2v) is 3.87. The zero-order chi connectivity index (χ0) is 14.6. The fourth-order valence-corrected chi connectivity index (χ4v) is 1.31. The Morgan fingerprint density at radius 3 is 1.89 bits per heavy atom. The van der Waals surface area contributed by atoms with Gasteiger partial charge in [-0.2, -0.15) is 0 Å². The van der Waals surface area contributed by atoms with E-state index in [1.54, 1.807) is 13.8 Å². The van der Waals surface area contributed by atoms with Crippen LogP contribution in [-0.4, -0.2) is 20.8 Å². The van der Waals surface area contributed by atoms with E-state index in [0.29, 0.717) is 11.5 Å². The summed E-state index contributed by atoms with van der Waals surface area (Å²) in [4.78, 5) is 37.8. The van der Waals surface area contributed by atoms with E-state index in [9.17, 15) is 14.4 Å². The molecule has 0 saturated heterocycles. The molecule has 0 aromatic carbocycles. The van der Waals surface area contributed by atoms with E-state index >= 15 is 0 Å². The first-order valence-corrected chi connectivity index (χ1v) is 5.37. The normalized spacial score (nSPS) is 10.3. The molecule has 0 fully saturated rings. The van der Waals surface area contributed by atoms with Crippen LogP contribution in [0.3, 0.4) is 0 Å². The Morgan fingerprint density at radius 1 is 1.11 bits per heavy atom. The molecular formula is C11H15N3O5. The molecule has 0 aliphatic heterocycles. The van der Waals surface area contributed by atoms with Crippen LogP contribution in [0, 0.1) is 0 Å². The van der Waals surface area contributed by atoms with E-state index in [1.807, 2.05) is 9.97 Å². The molecule has 0 spiro atoms. The summed E-state index contributed by atoms with van der Waals surface area (Å²) in [6, 6.07) is 0. The van der Waals surface area contributed by atoms with Gasteiger partial charge in [0.25, 0.3) is 6.29 Å². The van der Waals surface area contributed by atoms with Gasteiger partial charge in [0.15, 0.2) is 0 Å². The summed E-state index contributed by atoms with van der Waals surface area (Å²) >= 11 is 0. The Morgan fingerprint density at radius 2 is 1.53 bits per heavy atom. The molecule has 0 radical (unpaired) electrons. The van der Waals surface area contributed by atoms with Crippen molar-refractivity contribution in [1.82, 2.24) is 14.5 Å². The lowest BCUT2D eigenvalue weighted by molar-refractivity contribution is -0.0946. The Bertz CT molecular complexity index is 601. The van der Waals surface area contributed by atoms with E-state index < -0.39 is 23.4 Å². The molecule has 0 amide bonds. The van der Waals surface area contributed by atoms with Gasteiger partial charge in [-0.1, -0.05) is 13.2 Å². The third-order valence-corrected chi connectivity index (χ3v) is 1.93. The highest BCUT2D eigenvalue weighted by atomic mass is 16.7. The maximum atomic E-state index is 11.5. The van der Waals surface area contributed by atoms with Crippen molar-refractivity contribution < 1.29 is 9.47 Å². The van der Waals surface area contributed by atoms with Crippen LogP contribution in [0.1, 0.15) is 13.8 Å². The van der Waals surface area contributed by atoms with Gasteiger partial charge < -0.3 is 9.47 Å². The number of allylic oxidation sites excluding steroid dienone is 2. The van der Waals surface area contributed by atoms with Crippen molar-refractivity contribution in [3.8, 4) is 0 Å². The lowest BCUT2D eigenvalue weighted by atomic mass is 10.5. The van der Waals surface area contributed by atoms with Crippen molar-refractivity contribution >= 4 is 0 Å². The predicted molar refractivity (Wildman–Crippen MR) is 67.5 cm³/mol. The van der Waals surface area contributed by atoms with E-state index in [4.69, 9.17) is 9.47 Å². The zero-order valence-corrected chi connectivity index (χ0v) is 10.7. The summed E-state index contributed by atoms with van der Waals surface area (Å²) in [6.45, 7) is 10.0. The van der Waals surface area contributed by atoms with Crippen LogP contribution in [-0.2, 0) is 16.0 Å². The molecule has 0 atom stereocenters. The standard InChI is InChI=1S/C11H15N3O5/c1-6(2)18-8(19-7(3)4)5-14-10(16)12-9(15)13-11(14)17/h8H,1,3,5H2,2,4H3,(H2,12,13,15,16,17). The van der Waals surface area contributed by atoms with Crippen LogP contribution >= 0.6 is 0 Å². The molecule has 8 heteroatoms. The van der Waals surface area contributed by atoms with Gasteiger partial charge in [0, 0.05) is 0 Å². The first-order chi connectivity index (χ1) is 8.79. The number of hydrogen-bond donors (Lipinski definition) is 2. The van der Waals surface area contributed by atoms with Crippen LogP contribution in [0.15, 0.2) is 39.1 Å². The maximum absolute atomic E-state index is 11.5. The number of rotatable bonds is 6. The van der Waals surface area contributed by atoms with Gasteiger partial charge in [0.2, 0.25) is 0 Å². The number of aromatic nitrogens is 3. The number of hydrogen-bond acceptors (Lipinski definition) is 5. The van der Waals surface area contributed by atoms with Crippen LogP contribution in [0.5, 0.6) is 0 Å². The first-order valence-electron chi connectivity index (χ1n) is 5.37. The quantitative estimate of drug-likeness (QED) is 0.542. The third-order valence-electron chi connectivity index (χ3n) is 1.93. The lowest BCUT2D eigenvalue weighted by Crippen LogP contribution is -2.45. The molecule has 8 nitrogen and oxygen atoms in total. The maximum Gasteiger partial charge on any atom is 0.333 e. The number of H-pyrrole nitrogens is 2. The summed E-state index contributed by atoms with van der Waals surface area (Å²) < 4.78 is 11.2. The Kier molecular flexibility index (Phi) is 4.51. The van der Waals surface area contributed by atoms with Crippen molar-refractivity contribution in [2.75, 3.05) is 0 Å². The molecule has 1 heterocycles. The fourth-order valence-electron chi connectivity index (χ4n) is 1.31. The Balaban J connectivity index is 3.06. The second-order valence-electron chi connectivity index (χ2n) is 3.87. The SMILES string of the molecule is C=C(C)OC(Cn1c(=O)[nH]c(=O)[nH]c1=O)OC(=C)C. The Hall–Kier alpha value is -2.51. The number of nitrogens with zero attached hydrogens (tertiary/aromatic N) is 1. The van der Waals surface area contributed by atoms with Gasteiger partial charge in [-0.25, -0.2) is 19.0 Å². The van der Waals surface area contributed by atoms with E-state index in [2.05, 4.69) is 13.2 Å². The van der Waals surface area contributed by atoms with Crippen LogP contribution in [0.2, 0.25) is 0 Å². The monoisotopic (exact) mass is 269 g/mol. The molecule has 0 unspecified atom stereocenters. The van der Waals surface area contributed by atoms with Crippen LogP contribution < -0.4 is 17.1 Å². The van der Waals surface area contributed by atoms with Crippen molar-refractivity contribution in [1.29, 1.82) is 0 Å². The second kappa shape index (κ2) is 5.89. The smallest absolute Gasteiger partial charge is 0.333 e. The molecule has 104 valence electrons. The highest BCUT2D eigenvalue weighted by molar-refractivity contribution is 4.80. The van der Waals surface area contributed by atoms with Gasteiger partial charge in [0.05, 0.1) is 11.5 Å². The molecule has 0 saturated carbocycles. The minimum atomic E-state index is -0.945. The van der Waals surface area contributed by atoms with Gasteiger partial charge in [-0.05, 0) is 13.8 Å². The summed E-state index contributed by atoms with van der Waals surface area (Å²) in [7, 11) is 0. The van der Waals surface area contributed by atoms with E-state index in [0.717, 1.165) is 4.57 Å². The number of ether oxygens (including phenoxy) is 2. The minimum absolute atomic E-state index is 0.218. The van der Waals surface area contributed by atoms with Gasteiger partial charge in [-0.3, -0.25) is 9.97 Å². The average molecular weight is 269 g/mol. The number of aromatic amines is 2. The van der Waals surface area contributed by atoms with Gasteiger partial charge >= 0.3 is 17.1 Å². The molecule has 0 aliphatic carbocycles. The first kappa shape index (κ1) is 14.6. The zero-order valence-electron chi connectivity index (χ0n) is 10.7. The van der Waals surface area contributed by atoms with Crippen LogP contribution in [0.4, 0.5) is 0 Å². The van der Waals surface area contributed by atoms with E-state index in [1.165, 1.54) is 0 Å². The Labute approximate surface area is 108 Å². The lowest BCUT2D eigenvalue weighted by Gasteiger charge is -2.20. The molecule has 1 rings (SSSR count).